The molecule has 0 fully saturated rings. The van der Waals surface area contributed by atoms with E-state index in [1.54, 1.807) is 42.5 Å². The zero-order valence-electron chi connectivity index (χ0n) is 22.0. The maximum Gasteiger partial charge on any atom is 0.349 e. The van der Waals surface area contributed by atoms with E-state index in [-0.39, 0.29) is 25.3 Å². The van der Waals surface area contributed by atoms with Crippen molar-refractivity contribution in [2.45, 2.75) is 30.7 Å². The van der Waals surface area contributed by atoms with Crippen LogP contribution in [0.1, 0.15) is 27.4 Å². The number of rotatable bonds is 7. The third-order valence-electron chi connectivity index (χ3n) is 7.57. The van der Waals surface area contributed by atoms with E-state index in [1.807, 2.05) is 42.5 Å². The normalized spacial score (nSPS) is 20.9. The average Bonchev–Trinajstić information content (AvgIpc) is 3.39. The Balaban J connectivity index is 1.47. The molecule has 4 aromatic rings. The second kappa shape index (κ2) is 11.0. The van der Waals surface area contributed by atoms with E-state index >= 15 is 0 Å². The van der Waals surface area contributed by atoms with Crippen molar-refractivity contribution in [3.05, 3.63) is 124 Å². The van der Waals surface area contributed by atoms with Crippen molar-refractivity contribution in [2.75, 3.05) is 13.2 Å². The second-order valence-corrected chi connectivity index (χ2v) is 10.1. The lowest BCUT2D eigenvalue weighted by Crippen LogP contribution is -2.55. The number of carbonyl (C=O) groups excluding carboxylic acids is 2. The van der Waals surface area contributed by atoms with Crippen LogP contribution in [-0.2, 0) is 11.3 Å². The van der Waals surface area contributed by atoms with Gasteiger partial charge >= 0.3 is 5.63 Å². The number of nitrogens with zero attached hydrogens (tertiary/aromatic N) is 1. The fourth-order valence-electron chi connectivity index (χ4n) is 5.65. The highest BCUT2D eigenvalue weighted by Crippen LogP contribution is 2.47. The Bertz CT molecular complexity index is 1700. The van der Waals surface area contributed by atoms with Gasteiger partial charge in [0, 0.05) is 29.6 Å². The third kappa shape index (κ3) is 4.90. The van der Waals surface area contributed by atoms with E-state index in [1.165, 1.54) is 11.0 Å². The second-order valence-electron chi connectivity index (χ2n) is 10.1. The Hall–Kier alpha value is -4.73. The van der Waals surface area contributed by atoms with Crippen LogP contribution in [0.3, 0.4) is 0 Å². The van der Waals surface area contributed by atoms with Crippen molar-refractivity contribution in [2.24, 2.45) is 0 Å². The highest BCUT2D eigenvalue weighted by Gasteiger charge is 2.50. The molecule has 2 heterocycles. The molecule has 4 atom stereocenters. The van der Waals surface area contributed by atoms with Crippen LogP contribution in [-0.4, -0.2) is 58.3 Å². The van der Waals surface area contributed by atoms with E-state index < -0.39 is 41.6 Å². The molecule has 2 amide bonds. The van der Waals surface area contributed by atoms with Crippen LogP contribution in [0.25, 0.3) is 11.0 Å². The van der Waals surface area contributed by atoms with Gasteiger partial charge in [-0.15, -0.1) is 0 Å². The molecule has 9 heteroatoms. The fourth-order valence-corrected chi connectivity index (χ4v) is 5.65. The number of para-hydroxylation sites is 2. The van der Waals surface area contributed by atoms with Crippen molar-refractivity contribution in [1.82, 2.24) is 10.2 Å². The third-order valence-corrected chi connectivity index (χ3v) is 7.57. The van der Waals surface area contributed by atoms with Crippen LogP contribution in [0.2, 0.25) is 0 Å². The molecule has 9 nitrogen and oxygen atoms in total. The van der Waals surface area contributed by atoms with Crippen LogP contribution in [0.5, 0.6) is 5.75 Å². The predicted octanol–water partition coefficient (Wildman–Crippen LogP) is 2.76. The van der Waals surface area contributed by atoms with Gasteiger partial charge in [-0.25, -0.2) is 4.79 Å². The van der Waals surface area contributed by atoms with Crippen LogP contribution < -0.4 is 15.7 Å². The van der Waals surface area contributed by atoms with E-state index in [4.69, 9.17) is 9.15 Å². The summed E-state index contributed by atoms with van der Waals surface area (Å²) < 4.78 is 11.6. The maximum absolute atomic E-state index is 14.2. The maximum atomic E-state index is 14.2. The molecular weight excluding hydrogens is 524 g/mol. The Kier molecular flexibility index (Phi) is 7.13. The minimum Gasteiger partial charge on any atom is -0.486 e. The summed E-state index contributed by atoms with van der Waals surface area (Å²) in [4.78, 5) is 41.9. The predicted molar refractivity (Wildman–Crippen MR) is 150 cm³/mol. The molecule has 208 valence electrons. The lowest BCUT2D eigenvalue weighted by Gasteiger charge is -2.40. The first kappa shape index (κ1) is 26.5. The van der Waals surface area contributed by atoms with Crippen molar-refractivity contribution in [1.29, 1.82) is 0 Å². The summed E-state index contributed by atoms with van der Waals surface area (Å²) >= 11 is 0. The molecular formula is C32H28N2O7. The number of aliphatic hydroxyl groups excluding tert-OH is 2. The number of fused-ring (bicyclic) bond motifs is 4. The van der Waals surface area contributed by atoms with Crippen molar-refractivity contribution < 1.29 is 29.0 Å². The van der Waals surface area contributed by atoms with Gasteiger partial charge in [-0.3, -0.25) is 9.59 Å². The topological polar surface area (TPSA) is 129 Å². The van der Waals surface area contributed by atoms with Crippen LogP contribution in [0, 0.1) is 0 Å². The van der Waals surface area contributed by atoms with Gasteiger partial charge in [0.15, 0.2) is 0 Å². The van der Waals surface area contributed by atoms with E-state index in [9.17, 15) is 24.6 Å². The summed E-state index contributed by atoms with van der Waals surface area (Å²) in [6.45, 7) is -0.170. The van der Waals surface area contributed by atoms with Crippen LogP contribution in [0.15, 0.2) is 106 Å². The van der Waals surface area contributed by atoms with Gasteiger partial charge in [-0.1, -0.05) is 66.7 Å². The molecule has 3 aromatic carbocycles. The molecule has 1 aliphatic carbocycles. The summed E-state index contributed by atoms with van der Waals surface area (Å²) in [5.74, 6) is -1.14. The molecule has 1 aliphatic heterocycles. The number of ether oxygens (including phenoxy) is 1. The summed E-state index contributed by atoms with van der Waals surface area (Å²) in [5.41, 5.74) is 1.17. The Labute approximate surface area is 235 Å². The first-order chi connectivity index (χ1) is 20.0. The molecule has 4 unspecified atom stereocenters. The highest BCUT2D eigenvalue weighted by atomic mass is 16.5. The molecule has 0 bridgehead atoms. The standard InChI is InChI=1S/C32H28N2O7/c35-15-14-33-30(37)22-17-24(28(36)29-27(22)21-11-5-7-13-26(21)40-29)34(18-19-8-2-1-3-9-19)31(38)23-16-20-10-4-6-12-25(20)41-32(23)39/h1-13,16-17,24,27-29,35-36H,14-15,18H2,(H,33,37). The van der Waals surface area contributed by atoms with Crippen molar-refractivity contribution >= 4 is 22.8 Å². The number of hydrogen-bond donors (Lipinski definition) is 3. The van der Waals surface area contributed by atoms with Crippen molar-refractivity contribution in [3.8, 4) is 5.75 Å². The van der Waals surface area contributed by atoms with Gasteiger partial charge in [0.2, 0.25) is 5.91 Å². The number of hydrogen-bond acceptors (Lipinski definition) is 7. The van der Waals surface area contributed by atoms with Crippen LogP contribution >= 0.6 is 0 Å². The molecule has 0 spiro atoms. The van der Waals surface area contributed by atoms with Crippen molar-refractivity contribution in [3.63, 3.8) is 0 Å². The molecule has 2 aliphatic rings. The molecule has 1 aromatic heterocycles. The van der Waals surface area contributed by atoms with E-state index in [0.29, 0.717) is 22.3 Å². The molecule has 0 saturated carbocycles. The lowest BCUT2D eigenvalue weighted by atomic mass is 9.77. The number of carbonyl (C=O) groups is 2. The Morgan fingerprint density at radius 1 is 0.951 bits per heavy atom. The van der Waals surface area contributed by atoms with E-state index in [0.717, 1.165) is 11.1 Å². The molecule has 41 heavy (non-hydrogen) atoms. The monoisotopic (exact) mass is 552 g/mol. The number of nitrogens with one attached hydrogen (secondary N) is 1. The number of benzene rings is 3. The van der Waals surface area contributed by atoms with Gasteiger partial charge in [0.1, 0.15) is 29.1 Å². The fraction of sp³-hybridized carbons (Fsp3) is 0.219. The molecule has 3 N–H and O–H groups in total. The van der Waals surface area contributed by atoms with Gasteiger partial charge in [0.25, 0.3) is 5.91 Å². The number of aliphatic hydroxyl groups is 2. The summed E-state index contributed by atoms with van der Waals surface area (Å²) in [7, 11) is 0. The molecule has 0 radical (unpaired) electrons. The van der Waals surface area contributed by atoms with E-state index in [2.05, 4.69) is 5.32 Å². The summed E-state index contributed by atoms with van der Waals surface area (Å²) in [6, 6.07) is 23.8. The van der Waals surface area contributed by atoms with Gasteiger partial charge in [-0.2, -0.15) is 0 Å². The Morgan fingerprint density at radius 3 is 2.49 bits per heavy atom. The quantitative estimate of drug-likeness (QED) is 0.301. The first-order valence-corrected chi connectivity index (χ1v) is 13.4. The smallest absolute Gasteiger partial charge is 0.349 e. The zero-order valence-corrected chi connectivity index (χ0v) is 22.0. The number of amides is 2. The largest absolute Gasteiger partial charge is 0.486 e. The summed E-state index contributed by atoms with van der Waals surface area (Å²) in [6.07, 6.45) is -0.522. The highest BCUT2D eigenvalue weighted by molar-refractivity contribution is 5.98. The SMILES string of the molecule is O=C(NCCO)C1=CC(N(Cc2ccccc2)C(=O)c2cc3ccccc3oc2=O)C(O)C2Oc3ccccc3C12. The summed E-state index contributed by atoms with van der Waals surface area (Å²) in [5, 5.41) is 24.3. The zero-order chi connectivity index (χ0) is 28.5. The van der Waals surface area contributed by atoms with Crippen LogP contribution in [0.4, 0.5) is 0 Å². The van der Waals surface area contributed by atoms with Gasteiger partial charge in [-0.05, 0) is 29.8 Å². The minimum absolute atomic E-state index is 0.0358. The Morgan fingerprint density at radius 2 is 1.68 bits per heavy atom. The lowest BCUT2D eigenvalue weighted by molar-refractivity contribution is -0.118. The minimum atomic E-state index is -1.23. The molecule has 6 rings (SSSR count). The van der Waals surface area contributed by atoms with Gasteiger partial charge in [0.05, 0.1) is 18.6 Å². The average molecular weight is 553 g/mol. The first-order valence-electron chi connectivity index (χ1n) is 13.4. The van der Waals surface area contributed by atoms with Gasteiger partial charge < -0.3 is 29.6 Å². The molecule has 0 saturated heterocycles.